The summed E-state index contributed by atoms with van der Waals surface area (Å²) in [5.41, 5.74) is 2.75. The fourth-order valence-corrected chi connectivity index (χ4v) is 2.43. The molecule has 5 heteroatoms. The highest BCUT2D eigenvalue weighted by Crippen LogP contribution is 2.21. The normalized spacial score (nSPS) is 10.4. The van der Waals surface area contributed by atoms with Gasteiger partial charge in [-0.25, -0.2) is 14.2 Å². The van der Waals surface area contributed by atoms with Crippen molar-refractivity contribution in [2.24, 2.45) is 0 Å². The highest BCUT2D eigenvalue weighted by Gasteiger charge is 2.13. The van der Waals surface area contributed by atoms with E-state index in [0.29, 0.717) is 5.69 Å². The van der Waals surface area contributed by atoms with Gasteiger partial charge in [0.15, 0.2) is 0 Å². The minimum Gasteiger partial charge on any atom is -0.478 e. The standard InChI is InChI=1S/C19H15FN2O2/c20-15-11-17(19(23)24)18(21-12-15)22-16-8-4-7-14(10-16)9-13-5-2-1-3-6-13/h1-8,10-12H,9H2,(H,21,22)(H,23,24). The SMILES string of the molecule is O=C(O)c1cc(F)cnc1Nc1cccc(Cc2ccccc2)c1. The molecule has 120 valence electrons. The predicted octanol–water partition coefficient (Wildman–Crippen LogP) is 4.25. The molecule has 3 aromatic rings. The second kappa shape index (κ2) is 6.91. The van der Waals surface area contributed by atoms with Crippen LogP contribution >= 0.6 is 0 Å². The van der Waals surface area contributed by atoms with Crippen molar-refractivity contribution in [3.8, 4) is 0 Å². The molecule has 0 atom stereocenters. The van der Waals surface area contributed by atoms with E-state index in [9.17, 15) is 14.3 Å². The van der Waals surface area contributed by atoms with Crippen molar-refractivity contribution < 1.29 is 14.3 Å². The monoisotopic (exact) mass is 322 g/mol. The van der Waals surface area contributed by atoms with Crippen molar-refractivity contribution in [1.29, 1.82) is 0 Å². The Morgan fingerprint density at radius 2 is 1.79 bits per heavy atom. The van der Waals surface area contributed by atoms with Gasteiger partial charge >= 0.3 is 5.97 Å². The smallest absolute Gasteiger partial charge is 0.339 e. The number of anilines is 2. The van der Waals surface area contributed by atoms with Crippen molar-refractivity contribution in [2.45, 2.75) is 6.42 Å². The van der Waals surface area contributed by atoms with Crippen LogP contribution in [-0.2, 0) is 6.42 Å². The van der Waals surface area contributed by atoms with Crippen LogP contribution in [0.4, 0.5) is 15.9 Å². The summed E-state index contributed by atoms with van der Waals surface area (Å²) in [7, 11) is 0. The number of hydrogen-bond acceptors (Lipinski definition) is 3. The predicted molar refractivity (Wildman–Crippen MR) is 90.1 cm³/mol. The average Bonchev–Trinajstić information content (AvgIpc) is 2.57. The first-order valence-corrected chi connectivity index (χ1v) is 7.40. The molecule has 1 heterocycles. The van der Waals surface area contributed by atoms with Crippen molar-refractivity contribution in [2.75, 3.05) is 5.32 Å². The molecule has 0 fully saturated rings. The lowest BCUT2D eigenvalue weighted by molar-refractivity contribution is 0.0697. The summed E-state index contributed by atoms with van der Waals surface area (Å²) in [6, 6.07) is 18.6. The fourth-order valence-electron chi connectivity index (χ4n) is 2.43. The summed E-state index contributed by atoms with van der Waals surface area (Å²) in [6.07, 6.45) is 1.75. The van der Waals surface area contributed by atoms with Gasteiger partial charge in [-0.1, -0.05) is 42.5 Å². The lowest BCUT2D eigenvalue weighted by atomic mass is 10.0. The Balaban J connectivity index is 1.84. The molecule has 0 bridgehead atoms. The topological polar surface area (TPSA) is 62.2 Å². The van der Waals surface area contributed by atoms with Gasteiger partial charge in [-0.15, -0.1) is 0 Å². The van der Waals surface area contributed by atoms with E-state index in [-0.39, 0.29) is 11.4 Å². The Hall–Kier alpha value is -3.21. The quantitative estimate of drug-likeness (QED) is 0.737. The molecular formula is C19H15FN2O2. The van der Waals surface area contributed by atoms with Gasteiger partial charge in [-0.05, 0) is 35.7 Å². The Bertz CT molecular complexity index is 866. The number of halogens is 1. The molecule has 1 aromatic heterocycles. The molecule has 0 spiro atoms. The van der Waals surface area contributed by atoms with E-state index < -0.39 is 11.8 Å². The Morgan fingerprint density at radius 3 is 2.54 bits per heavy atom. The minimum atomic E-state index is -1.23. The van der Waals surface area contributed by atoms with Crippen molar-refractivity contribution >= 4 is 17.5 Å². The molecule has 0 amide bonds. The van der Waals surface area contributed by atoms with Crippen LogP contribution in [0.3, 0.4) is 0 Å². The first-order chi connectivity index (χ1) is 11.6. The zero-order valence-electron chi connectivity index (χ0n) is 12.7. The van der Waals surface area contributed by atoms with Crippen molar-refractivity contribution in [3.05, 3.63) is 89.4 Å². The van der Waals surface area contributed by atoms with Crippen LogP contribution in [-0.4, -0.2) is 16.1 Å². The van der Waals surface area contributed by atoms with Gasteiger partial charge in [0.2, 0.25) is 0 Å². The van der Waals surface area contributed by atoms with Crippen LogP contribution in [0.1, 0.15) is 21.5 Å². The number of benzene rings is 2. The number of nitrogens with zero attached hydrogens (tertiary/aromatic N) is 1. The third kappa shape index (κ3) is 3.76. The fraction of sp³-hybridized carbons (Fsp3) is 0.0526. The molecule has 2 aromatic carbocycles. The summed E-state index contributed by atoms with van der Waals surface area (Å²) in [5.74, 6) is -1.80. The Labute approximate surface area is 138 Å². The number of carbonyl (C=O) groups is 1. The first-order valence-electron chi connectivity index (χ1n) is 7.40. The van der Waals surface area contributed by atoms with E-state index in [1.165, 1.54) is 5.56 Å². The molecule has 0 aliphatic rings. The van der Waals surface area contributed by atoms with Gasteiger partial charge in [-0.2, -0.15) is 0 Å². The molecular weight excluding hydrogens is 307 g/mol. The number of aromatic nitrogens is 1. The molecule has 3 rings (SSSR count). The van der Waals surface area contributed by atoms with Crippen LogP contribution in [0, 0.1) is 5.82 Å². The second-order valence-corrected chi connectivity index (χ2v) is 5.34. The van der Waals surface area contributed by atoms with Gasteiger partial charge in [0.05, 0.1) is 6.20 Å². The summed E-state index contributed by atoms with van der Waals surface area (Å²) >= 11 is 0. The Kier molecular flexibility index (Phi) is 4.52. The van der Waals surface area contributed by atoms with E-state index in [0.717, 1.165) is 24.2 Å². The third-order valence-corrected chi connectivity index (χ3v) is 3.53. The number of rotatable bonds is 5. The maximum atomic E-state index is 13.2. The highest BCUT2D eigenvalue weighted by molar-refractivity contribution is 5.93. The lowest BCUT2D eigenvalue weighted by Gasteiger charge is -2.10. The maximum Gasteiger partial charge on any atom is 0.339 e. The third-order valence-electron chi connectivity index (χ3n) is 3.53. The summed E-state index contributed by atoms with van der Waals surface area (Å²) in [5, 5.41) is 12.1. The summed E-state index contributed by atoms with van der Waals surface area (Å²) in [6.45, 7) is 0. The van der Waals surface area contributed by atoms with Crippen LogP contribution in [0.5, 0.6) is 0 Å². The average molecular weight is 322 g/mol. The van der Waals surface area contributed by atoms with E-state index in [1.54, 1.807) is 0 Å². The minimum absolute atomic E-state index is 0.112. The van der Waals surface area contributed by atoms with Crippen molar-refractivity contribution in [1.82, 2.24) is 4.98 Å². The zero-order valence-corrected chi connectivity index (χ0v) is 12.7. The van der Waals surface area contributed by atoms with Gasteiger partial charge in [0.1, 0.15) is 17.2 Å². The lowest BCUT2D eigenvalue weighted by Crippen LogP contribution is -2.05. The number of hydrogen-bond donors (Lipinski definition) is 2. The summed E-state index contributed by atoms with van der Waals surface area (Å²) in [4.78, 5) is 15.1. The largest absolute Gasteiger partial charge is 0.478 e. The zero-order chi connectivity index (χ0) is 16.9. The molecule has 0 radical (unpaired) electrons. The van der Waals surface area contributed by atoms with Crippen LogP contribution in [0.25, 0.3) is 0 Å². The van der Waals surface area contributed by atoms with E-state index in [2.05, 4.69) is 10.3 Å². The molecule has 24 heavy (non-hydrogen) atoms. The van der Waals surface area contributed by atoms with Gasteiger partial charge in [-0.3, -0.25) is 0 Å². The maximum absolute atomic E-state index is 13.2. The molecule has 0 saturated carbocycles. The second-order valence-electron chi connectivity index (χ2n) is 5.34. The molecule has 0 saturated heterocycles. The number of pyridine rings is 1. The number of carboxylic acid groups (broad SMARTS) is 1. The van der Waals surface area contributed by atoms with Gasteiger partial charge < -0.3 is 10.4 Å². The molecule has 0 aliphatic carbocycles. The van der Waals surface area contributed by atoms with Crippen LogP contribution in [0.15, 0.2) is 66.9 Å². The summed E-state index contributed by atoms with van der Waals surface area (Å²) < 4.78 is 13.2. The van der Waals surface area contributed by atoms with Crippen LogP contribution < -0.4 is 5.32 Å². The molecule has 0 aliphatic heterocycles. The van der Waals surface area contributed by atoms with Gasteiger partial charge in [0, 0.05) is 5.69 Å². The van der Waals surface area contributed by atoms with E-state index >= 15 is 0 Å². The Morgan fingerprint density at radius 1 is 1.04 bits per heavy atom. The van der Waals surface area contributed by atoms with E-state index in [4.69, 9.17) is 0 Å². The van der Waals surface area contributed by atoms with E-state index in [1.807, 2.05) is 54.6 Å². The van der Waals surface area contributed by atoms with Crippen molar-refractivity contribution in [3.63, 3.8) is 0 Å². The first kappa shape index (κ1) is 15.7. The number of nitrogens with one attached hydrogen (secondary N) is 1. The van der Waals surface area contributed by atoms with Gasteiger partial charge in [0.25, 0.3) is 0 Å². The van der Waals surface area contributed by atoms with Crippen LogP contribution in [0.2, 0.25) is 0 Å². The highest BCUT2D eigenvalue weighted by atomic mass is 19.1. The number of carboxylic acids is 1. The molecule has 0 unspecified atom stereocenters. The number of aromatic carboxylic acids is 1. The molecule has 4 nitrogen and oxygen atoms in total. The molecule has 2 N–H and O–H groups in total.